The number of carbonyl (C=O) groups excluding carboxylic acids is 1. The van der Waals surface area contributed by atoms with E-state index in [0.29, 0.717) is 5.69 Å². The normalized spacial score (nSPS) is 16.2. The minimum atomic E-state index is 0.0110. The predicted octanol–water partition coefficient (Wildman–Crippen LogP) is 2.02. The molecule has 1 aromatic carbocycles. The molecule has 110 valence electrons. The monoisotopic (exact) mass is 348 g/mol. The van der Waals surface area contributed by atoms with Gasteiger partial charge in [0.2, 0.25) is 0 Å². The Kier molecular flexibility index (Phi) is 4.07. The molecular weight excluding hydrogens is 332 g/mol. The van der Waals surface area contributed by atoms with Crippen LogP contribution in [-0.4, -0.2) is 58.7 Å². The zero-order chi connectivity index (χ0) is 14.8. The zero-order valence-electron chi connectivity index (χ0n) is 11.9. The summed E-state index contributed by atoms with van der Waals surface area (Å²) in [6.45, 7) is 3.36. The molecule has 1 saturated heterocycles. The Balaban J connectivity index is 1.77. The highest BCUT2D eigenvalue weighted by Crippen LogP contribution is 2.15. The van der Waals surface area contributed by atoms with E-state index in [-0.39, 0.29) is 5.91 Å². The molecule has 2 heterocycles. The Morgan fingerprint density at radius 3 is 2.67 bits per heavy atom. The second-order valence-electron chi connectivity index (χ2n) is 5.22. The Morgan fingerprint density at radius 2 is 1.95 bits per heavy atom. The van der Waals surface area contributed by atoms with Gasteiger partial charge in [0, 0.05) is 36.8 Å². The molecule has 0 bridgehead atoms. The maximum atomic E-state index is 12.4. The molecule has 0 aliphatic carbocycles. The van der Waals surface area contributed by atoms with Crippen LogP contribution in [-0.2, 0) is 0 Å². The molecule has 1 aliphatic rings. The topological polar surface area (TPSA) is 41.4 Å². The van der Waals surface area contributed by atoms with E-state index in [1.54, 1.807) is 10.7 Å². The molecule has 1 amide bonds. The van der Waals surface area contributed by atoms with Gasteiger partial charge in [0.1, 0.15) is 0 Å². The third-order valence-corrected chi connectivity index (χ3v) is 4.16. The van der Waals surface area contributed by atoms with Crippen LogP contribution in [0, 0.1) is 0 Å². The number of carbonyl (C=O) groups is 1. The van der Waals surface area contributed by atoms with E-state index >= 15 is 0 Å². The molecule has 0 unspecified atom stereocenters. The molecule has 1 aromatic heterocycles. The van der Waals surface area contributed by atoms with Crippen LogP contribution < -0.4 is 0 Å². The minimum absolute atomic E-state index is 0.0110. The fraction of sp³-hybridized carbons (Fsp3) is 0.333. The molecule has 21 heavy (non-hydrogen) atoms. The van der Waals surface area contributed by atoms with Crippen molar-refractivity contribution in [2.24, 2.45) is 0 Å². The maximum Gasteiger partial charge on any atom is 0.274 e. The first-order valence-corrected chi connectivity index (χ1v) is 7.72. The van der Waals surface area contributed by atoms with E-state index in [4.69, 9.17) is 0 Å². The number of aromatic nitrogens is 2. The molecule has 0 radical (unpaired) electrons. The summed E-state index contributed by atoms with van der Waals surface area (Å²) < 4.78 is 2.72. The summed E-state index contributed by atoms with van der Waals surface area (Å²) >= 11 is 3.44. The molecule has 0 saturated carbocycles. The Hall–Kier alpha value is -1.66. The van der Waals surface area contributed by atoms with Crippen molar-refractivity contribution in [3.63, 3.8) is 0 Å². The molecule has 0 atom stereocenters. The SMILES string of the molecule is CN1CCN(C(=O)c2ccn(-c3cccc(Br)c3)n2)CC1. The number of amides is 1. The predicted molar refractivity (Wildman–Crippen MR) is 84.7 cm³/mol. The maximum absolute atomic E-state index is 12.4. The number of hydrogen-bond acceptors (Lipinski definition) is 3. The van der Waals surface area contributed by atoms with Crippen LogP contribution in [0.2, 0.25) is 0 Å². The third kappa shape index (κ3) is 3.16. The van der Waals surface area contributed by atoms with E-state index in [9.17, 15) is 4.79 Å². The molecule has 3 rings (SSSR count). The summed E-state index contributed by atoms with van der Waals surface area (Å²) in [5, 5.41) is 4.41. The van der Waals surface area contributed by atoms with Gasteiger partial charge in [-0.05, 0) is 31.3 Å². The Morgan fingerprint density at radius 1 is 1.19 bits per heavy atom. The van der Waals surface area contributed by atoms with Crippen molar-refractivity contribution >= 4 is 21.8 Å². The van der Waals surface area contributed by atoms with Gasteiger partial charge in [-0.2, -0.15) is 5.10 Å². The minimum Gasteiger partial charge on any atom is -0.335 e. The first kappa shape index (κ1) is 14.3. The highest BCUT2D eigenvalue weighted by atomic mass is 79.9. The largest absolute Gasteiger partial charge is 0.335 e. The highest BCUT2D eigenvalue weighted by Gasteiger charge is 2.22. The van der Waals surface area contributed by atoms with Crippen molar-refractivity contribution in [1.29, 1.82) is 0 Å². The number of rotatable bonds is 2. The third-order valence-electron chi connectivity index (χ3n) is 3.67. The molecule has 2 aromatic rings. The number of piperazine rings is 1. The second kappa shape index (κ2) is 5.99. The van der Waals surface area contributed by atoms with Crippen molar-refractivity contribution in [1.82, 2.24) is 19.6 Å². The number of halogens is 1. The number of likely N-dealkylation sites (N-methyl/N-ethyl adjacent to an activating group) is 1. The first-order valence-electron chi connectivity index (χ1n) is 6.93. The second-order valence-corrected chi connectivity index (χ2v) is 6.14. The molecule has 1 aliphatic heterocycles. The number of nitrogens with zero attached hydrogens (tertiary/aromatic N) is 4. The van der Waals surface area contributed by atoms with E-state index in [2.05, 4.69) is 33.0 Å². The zero-order valence-corrected chi connectivity index (χ0v) is 13.5. The lowest BCUT2D eigenvalue weighted by Crippen LogP contribution is -2.47. The summed E-state index contributed by atoms with van der Waals surface area (Å²) in [4.78, 5) is 16.5. The standard InChI is InChI=1S/C15H17BrN4O/c1-18-7-9-19(10-8-18)15(21)14-5-6-20(17-14)13-4-2-3-12(16)11-13/h2-6,11H,7-10H2,1H3. The van der Waals surface area contributed by atoms with Crippen LogP contribution in [0.3, 0.4) is 0 Å². The van der Waals surface area contributed by atoms with Crippen LogP contribution in [0.4, 0.5) is 0 Å². The van der Waals surface area contributed by atoms with Crippen molar-refractivity contribution in [3.05, 3.63) is 46.7 Å². The van der Waals surface area contributed by atoms with Gasteiger partial charge in [0.15, 0.2) is 5.69 Å². The van der Waals surface area contributed by atoms with Crippen molar-refractivity contribution < 1.29 is 4.79 Å². The molecule has 6 heteroatoms. The van der Waals surface area contributed by atoms with Crippen LogP contribution in [0.5, 0.6) is 0 Å². The van der Waals surface area contributed by atoms with E-state index in [1.807, 2.05) is 35.4 Å². The van der Waals surface area contributed by atoms with E-state index in [0.717, 1.165) is 36.3 Å². The Labute approximate surface area is 132 Å². The van der Waals surface area contributed by atoms with Gasteiger partial charge < -0.3 is 9.80 Å². The van der Waals surface area contributed by atoms with Crippen molar-refractivity contribution in [3.8, 4) is 5.69 Å². The van der Waals surface area contributed by atoms with E-state index in [1.165, 1.54) is 0 Å². The van der Waals surface area contributed by atoms with Crippen LogP contribution in [0.1, 0.15) is 10.5 Å². The summed E-state index contributed by atoms with van der Waals surface area (Å²) in [6.07, 6.45) is 1.82. The van der Waals surface area contributed by atoms with Crippen molar-refractivity contribution in [2.45, 2.75) is 0 Å². The average Bonchev–Trinajstić information content (AvgIpc) is 2.97. The summed E-state index contributed by atoms with van der Waals surface area (Å²) in [6, 6.07) is 9.62. The van der Waals surface area contributed by atoms with E-state index < -0.39 is 0 Å². The number of hydrogen-bond donors (Lipinski definition) is 0. The quantitative estimate of drug-likeness (QED) is 0.833. The lowest BCUT2D eigenvalue weighted by atomic mass is 10.3. The van der Waals surface area contributed by atoms with Gasteiger partial charge >= 0.3 is 0 Å². The van der Waals surface area contributed by atoms with Gasteiger partial charge in [-0.25, -0.2) is 4.68 Å². The van der Waals surface area contributed by atoms with Crippen LogP contribution in [0.15, 0.2) is 41.0 Å². The molecule has 1 fully saturated rings. The Bertz CT molecular complexity index is 647. The van der Waals surface area contributed by atoms with Crippen LogP contribution in [0.25, 0.3) is 5.69 Å². The van der Waals surface area contributed by atoms with Gasteiger partial charge in [-0.15, -0.1) is 0 Å². The van der Waals surface area contributed by atoms with Crippen molar-refractivity contribution in [2.75, 3.05) is 33.2 Å². The molecule has 0 spiro atoms. The lowest BCUT2D eigenvalue weighted by molar-refractivity contribution is 0.0658. The molecule has 5 nitrogen and oxygen atoms in total. The van der Waals surface area contributed by atoms with Crippen LogP contribution >= 0.6 is 15.9 Å². The fourth-order valence-corrected chi connectivity index (χ4v) is 2.76. The first-order chi connectivity index (χ1) is 10.1. The molecule has 0 N–H and O–H groups in total. The number of benzene rings is 1. The highest BCUT2D eigenvalue weighted by molar-refractivity contribution is 9.10. The summed E-state index contributed by atoms with van der Waals surface area (Å²) in [5.74, 6) is 0.0110. The van der Waals surface area contributed by atoms with Gasteiger partial charge in [-0.3, -0.25) is 4.79 Å². The summed E-state index contributed by atoms with van der Waals surface area (Å²) in [5.41, 5.74) is 1.43. The van der Waals surface area contributed by atoms with Gasteiger partial charge in [0.05, 0.1) is 5.69 Å². The smallest absolute Gasteiger partial charge is 0.274 e. The lowest BCUT2D eigenvalue weighted by Gasteiger charge is -2.31. The average molecular weight is 349 g/mol. The van der Waals surface area contributed by atoms with Gasteiger partial charge in [0.25, 0.3) is 5.91 Å². The van der Waals surface area contributed by atoms with Gasteiger partial charge in [-0.1, -0.05) is 22.0 Å². The fourth-order valence-electron chi connectivity index (χ4n) is 2.37. The summed E-state index contributed by atoms with van der Waals surface area (Å²) in [7, 11) is 2.07. The molecular formula is C15H17BrN4O.